The predicted molar refractivity (Wildman–Crippen MR) is 84.2 cm³/mol. The molecule has 2 heterocycles. The first kappa shape index (κ1) is 16.6. The van der Waals surface area contributed by atoms with E-state index < -0.39 is 0 Å². The van der Waals surface area contributed by atoms with Gasteiger partial charge in [-0.15, -0.1) is 0 Å². The van der Waals surface area contributed by atoms with Gasteiger partial charge in [-0.1, -0.05) is 13.8 Å². The van der Waals surface area contributed by atoms with Gasteiger partial charge in [0.2, 0.25) is 0 Å². The Bertz CT molecular complexity index is 327. The van der Waals surface area contributed by atoms with Crippen molar-refractivity contribution in [1.82, 2.24) is 15.1 Å². The highest BCUT2D eigenvalue weighted by atomic mass is 16.3. The van der Waals surface area contributed by atoms with Crippen molar-refractivity contribution < 1.29 is 9.90 Å². The molecule has 2 fully saturated rings. The molecule has 2 N–H and O–H groups in total. The average molecular weight is 297 g/mol. The summed E-state index contributed by atoms with van der Waals surface area (Å²) in [5.74, 6) is 1.58. The smallest absolute Gasteiger partial charge is 0.317 e. The lowest BCUT2D eigenvalue weighted by Gasteiger charge is -2.35. The van der Waals surface area contributed by atoms with Crippen LogP contribution in [0.2, 0.25) is 0 Å². The van der Waals surface area contributed by atoms with Crippen LogP contribution in [0, 0.1) is 11.8 Å². The number of hydrogen-bond donors (Lipinski definition) is 2. The number of nitrogens with one attached hydrogen (secondary N) is 1. The van der Waals surface area contributed by atoms with Crippen molar-refractivity contribution in [2.75, 3.05) is 39.3 Å². The lowest BCUT2D eigenvalue weighted by atomic mass is 9.92. The second kappa shape index (κ2) is 7.99. The van der Waals surface area contributed by atoms with Crippen molar-refractivity contribution in [3.05, 3.63) is 0 Å². The van der Waals surface area contributed by atoms with Crippen LogP contribution in [0.3, 0.4) is 0 Å². The van der Waals surface area contributed by atoms with Crippen LogP contribution in [0.4, 0.5) is 4.79 Å². The summed E-state index contributed by atoms with van der Waals surface area (Å²) < 4.78 is 0. The van der Waals surface area contributed by atoms with E-state index in [0.717, 1.165) is 50.7 Å². The number of aliphatic hydroxyl groups excluding tert-OH is 1. The number of rotatable bonds is 5. The van der Waals surface area contributed by atoms with Gasteiger partial charge in [0.25, 0.3) is 0 Å². The fourth-order valence-electron chi connectivity index (χ4n) is 3.87. The van der Waals surface area contributed by atoms with Crippen molar-refractivity contribution in [3.63, 3.8) is 0 Å². The van der Waals surface area contributed by atoms with Gasteiger partial charge in [0.1, 0.15) is 0 Å². The van der Waals surface area contributed by atoms with Gasteiger partial charge in [0, 0.05) is 26.2 Å². The monoisotopic (exact) mass is 297 g/mol. The van der Waals surface area contributed by atoms with Gasteiger partial charge in [-0.25, -0.2) is 4.79 Å². The highest BCUT2D eigenvalue weighted by Crippen LogP contribution is 2.20. The molecular weight excluding hydrogens is 266 g/mol. The van der Waals surface area contributed by atoms with Gasteiger partial charge in [-0.05, 0) is 44.1 Å². The van der Waals surface area contributed by atoms with Gasteiger partial charge in [-0.2, -0.15) is 0 Å². The molecule has 3 unspecified atom stereocenters. The Kier molecular flexibility index (Phi) is 6.30. The summed E-state index contributed by atoms with van der Waals surface area (Å²) in [4.78, 5) is 16.4. The van der Waals surface area contributed by atoms with Crippen LogP contribution in [-0.4, -0.2) is 66.3 Å². The number of urea groups is 1. The Morgan fingerprint density at radius 3 is 2.67 bits per heavy atom. The molecule has 0 spiro atoms. The van der Waals surface area contributed by atoms with E-state index >= 15 is 0 Å². The van der Waals surface area contributed by atoms with Crippen molar-refractivity contribution in [1.29, 1.82) is 0 Å². The van der Waals surface area contributed by atoms with Crippen molar-refractivity contribution in [3.8, 4) is 0 Å². The molecule has 3 atom stereocenters. The summed E-state index contributed by atoms with van der Waals surface area (Å²) in [6.07, 6.45) is 4.27. The van der Waals surface area contributed by atoms with E-state index in [9.17, 15) is 9.90 Å². The van der Waals surface area contributed by atoms with Crippen LogP contribution in [0.25, 0.3) is 0 Å². The summed E-state index contributed by atoms with van der Waals surface area (Å²) in [5, 5.41) is 12.2. The first-order chi connectivity index (χ1) is 10.1. The van der Waals surface area contributed by atoms with Crippen molar-refractivity contribution in [2.45, 2.75) is 45.6 Å². The fourth-order valence-corrected chi connectivity index (χ4v) is 3.87. The summed E-state index contributed by atoms with van der Waals surface area (Å²) in [7, 11) is 0. The maximum absolute atomic E-state index is 12.1. The molecule has 0 aromatic carbocycles. The van der Waals surface area contributed by atoms with E-state index in [2.05, 4.69) is 24.1 Å². The first-order valence-electron chi connectivity index (χ1n) is 8.47. The largest absolute Gasteiger partial charge is 0.394 e. The minimum absolute atomic E-state index is 0.00747. The number of likely N-dealkylation sites (tertiary alicyclic amines) is 2. The molecule has 0 radical (unpaired) electrons. The zero-order valence-electron chi connectivity index (χ0n) is 13.6. The number of amides is 2. The average Bonchev–Trinajstić information content (AvgIpc) is 2.90. The Hall–Kier alpha value is -0.810. The molecule has 0 aliphatic carbocycles. The van der Waals surface area contributed by atoms with E-state index in [4.69, 9.17) is 0 Å². The molecule has 2 aliphatic heterocycles. The number of carbonyl (C=O) groups is 1. The second-order valence-electron chi connectivity index (χ2n) is 6.96. The normalized spacial score (nSPS) is 30.6. The SMILES string of the molecule is CC1CC(C)CN(CCCNC(=O)N2CCCC2CO)C1. The standard InChI is InChI=1S/C16H31N3O2/c1-13-9-14(2)11-18(10-13)7-4-6-17-16(21)19-8-3-5-15(19)12-20/h13-15,20H,3-12H2,1-2H3,(H,17,21). The summed E-state index contributed by atoms with van der Waals surface area (Å²) in [6, 6.07) is 0.0146. The van der Waals surface area contributed by atoms with E-state index in [1.807, 2.05) is 0 Å². The van der Waals surface area contributed by atoms with Gasteiger partial charge in [-0.3, -0.25) is 0 Å². The predicted octanol–water partition coefficient (Wildman–Crippen LogP) is 1.52. The van der Waals surface area contributed by atoms with Crippen LogP contribution >= 0.6 is 0 Å². The zero-order chi connectivity index (χ0) is 15.2. The second-order valence-corrected chi connectivity index (χ2v) is 6.96. The molecule has 0 bridgehead atoms. The quantitative estimate of drug-likeness (QED) is 0.757. The molecule has 122 valence electrons. The molecule has 2 rings (SSSR count). The molecule has 5 heteroatoms. The van der Waals surface area contributed by atoms with Crippen LogP contribution < -0.4 is 5.32 Å². The Balaban J connectivity index is 1.62. The molecule has 0 aromatic rings. The molecular formula is C16H31N3O2. The number of nitrogens with zero attached hydrogens (tertiary/aromatic N) is 2. The van der Waals surface area contributed by atoms with Gasteiger partial charge < -0.3 is 20.2 Å². The van der Waals surface area contributed by atoms with Crippen LogP contribution in [0.1, 0.15) is 39.5 Å². The van der Waals surface area contributed by atoms with E-state index in [1.165, 1.54) is 19.5 Å². The number of aliphatic hydroxyl groups is 1. The molecule has 2 aliphatic rings. The third-order valence-corrected chi connectivity index (χ3v) is 4.72. The summed E-state index contributed by atoms with van der Waals surface area (Å²) in [6.45, 7) is 9.69. The Morgan fingerprint density at radius 2 is 2.00 bits per heavy atom. The first-order valence-corrected chi connectivity index (χ1v) is 8.47. The third-order valence-electron chi connectivity index (χ3n) is 4.72. The van der Waals surface area contributed by atoms with Crippen LogP contribution in [-0.2, 0) is 0 Å². The molecule has 2 saturated heterocycles. The van der Waals surface area contributed by atoms with Crippen molar-refractivity contribution >= 4 is 6.03 Å². The van der Waals surface area contributed by atoms with Crippen LogP contribution in [0.15, 0.2) is 0 Å². The van der Waals surface area contributed by atoms with Crippen LogP contribution in [0.5, 0.6) is 0 Å². The third kappa shape index (κ3) is 4.85. The number of carbonyl (C=O) groups excluding carboxylic acids is 1. The summed E-state index contributed by atoms with van der Waals surface area (Å²) in [5.41, 5.74) is 0. The fraction of sp³-hybridized carbons (Fsp3) is 0.938. The summed E-state index contributed by atoms with van der Waals surface area (Å²) >= 11 is 0. The molecule has 2 amide bonds. The lowest BCUT2D eigenvalue weighted by molar-refractivity contribution is 0.138. The Labute approximate surface area is 128 Å². The topological polar surface area (TPSA) is 55.8 Å². The highest BCUT2D eigenvalue weighted by Gasteiger charge is 2.27. The van der Waals surface area contributed by atoms with Gasteiger partial charge >= 0.3 is 6.03 Å². The maximum Gasteiger partial charge on any atom is 0.317 e. The molecule has 0 saturated carbocycles. The van der Waals surface area contributed by atoms with Crippen molar-refractivity contribution in [2.24, 2.45) is 11.8 Å². The number of piperidine rings is 1. The number of hydrogen-bond acceptors (Lipinski definition) is 3. The Morgan fingerprint density at radius 1 is 1.29 bits per heavy atom. The lowest BCUT2D eigenvalue weighted by Crippen LogP contribution is -2.45. The zero-order valence-corrected chi connectivity index (χ0v) is 13.6. The van der Waals surface area contributed by atoms with E-state index in [1.54, 1.807) is 4.90 Å². The van der Waals surface area contributed by atoms with Gasteiger partial charge in [0.05, 0.1) is 12.6 Å². The minimum atomic E-state index is -0.00747. The van der Waals surface area contributed by atoms with E-state index in [-0.39, 0.29) is 18.7 Å². The maximum atomic E-state index is 12.1. The molecule has 0 aromatic heterocycles. The molecule has 21 heavy (non-hydrogen) atoms. The minimum Gasteiger partial charge on any atom is -0.394 e. The van der Waals surface area contributed by atoms with E-state index in [0.29, 0.717) is 0 Å². The molecule has 5 nitrogen and oxygen atoms in total. The van der Waals surface area contributed by atoms with Gasteiger partial charge in [0.15, 0.2) is 0 Å². The highest BCUT2D eigenvalue weighted by molar-refractivity contribution is 5.74.